The molecule has 0 saturated heterocycles. The number of rotatable bonds is 5. The van der Waals surface area contributed by atoms with Crippen molar-refractivity contribution in [3.8, 4) is 5.75 Å². The van der Waals surface area contributed by atoms with Crippen molar-refractivity contribution in [2.24, 2.45) is 5.73 Å². The summed E-state index contributed by atoms with van der Waals surface area (Å²) in [6.45, 7) is 1.30. The van der Waals surface area contributed by atoms with E-state index in [2.05, 4.69) is 5.32 Å². The average molecular weight is 495 g/mol. The van der Waals surface area contributed by atoms with Crippen LogP contribution >= 0.6 is 0 Å². The standard InChI is InChI=1S/C26H23F2N3O5/c1-14(29)25(34)31(26(35)22(32)16-11-17(27)13-18(28)12-16)21-23(15-7-3-2-4-8-15)36-20-10-6-5-9-19(20)30-24(21)33/h2-14,21-23,32H,29H2,1H3,(H,30,33)/t14-,21-,22-,23+/m0/s1. The third kappa shape index (κ3) is 4.95. The Bertz CT molecular complexity index is 1280. The lowest BCUT2D eigenvalue weighted by atomic mass is 9.97. The molecule has 4 rings (SSSR count). The van der Waals surface area contributed by atoms with E-state index in [9.17, 15) is 28.3 Å². The van der Waals surface area contributed by atoms with Gasteiger partial charge in [-0.3, -0.25) is 19.3 Å². The van der Waals surface area contributed by atoms with Gasteiger partial charge in [0.25, 0.3) is 11.8 Å². The van der Waals surface area contributed by atoms with Crippen LogP contribution in [-0.4, -0.2) is 39.8 Å². The van der Waals surface area contributed by atoms with Gasteiger partial charge in [0, 0.05) is 6.07 Å². The van der Waals surface area contributed by atoms with Crippen LogP contribution in [0.4, 0.5) is 14.5 Å². The second-order valence-corrected chi connectivity index (χ2v) is 8.32. The number of imide groups is 1. The number of halogens is 2. The molecular weight excluding hydrogens is 472 g/mol. The fourth-order valence-corrected chi connectivity index (χ4v) is 3.97. The van der Waals surface area contributed by atoms with Crippen molar-refractivity contribution in [3.63, 3.8) is 0 Å². The molecule has 0 bridgehead atoms. The molecule has 10 heteroatoms. The highest BCUT2D eigenvalue weighted by Crippen LogP contribution is 2.37. The molecule has 0 aliphatic carbocycles. The van der Waals surface area contributed by atoms with Gasteiger partial charge in [-0.2, -0.15) is 0 Å². The number of nitrogens with zero attached hydrogens (tertiary/aromatic N) is 1. The second-order valence-electron chi connectivity index (χ2n) is 8.32. The molecule has 1 aliphatic heterocycles. The van der Waals surface area contributed by atoms with Gasteiger partial charge in [0.05, 0.1) is 11.7 Å². The van der Waals surface area contributed by atoms with Crippen LogP contribution in [0.15, 0.2) is 72.8 Å². The molecule has 3 aromatic rings. The van der Waals surface area contributed by atoms with Crippen LogP contribution in [0, 0.1) is 11.6 Å². The van der Waals surface area contributed by atoms with E-state index in [0.29, 0.717) is 22.2 Å². The third-order valence-electron chi connectivity index (χ3n) is 5.66. The van der Waals surface area contributed by atoms with Gasteiger partial charge in [-0.25, -0.2) is 8.78 Å². The number of amides is 3. The van der Waals surface area contributed by atoms with E-state index in [-0.39, 0.29) is 5.75 Å². The Morgan fingerprint density at radius 1 is 1.00 bits per heavy atom. The molecule has 0 fully saturated rings. The predicted octanol–water partition coefficient (Wildman–Crippen LogP) is 2.84. The molecule has 3 aromatic carbocycles. The number of benzene rings is 3. The minimum absolute atomic E-state index is 0.288. The number of ether oxygens (including phenoxy) is 1. The molecule has 0 radical (unpaired) electrons. The Morgan fingerprint density at radius 2 is 1.61 bits per heavy atom. The zero-order chi connectivity index (χ0) is 26.0. The van der Waals surface area contributed by atoms with Crippen molar-refractivity contribution >= 4 is 23.4 Å². The van der Waals surface area contributed by atoms with Crippen LogP contribution in [0.2, 0.25) is 0 Å². The number of para-hydroxylation sites is 2. The zero-order valence-electron chi connectivity index (χ0n) is 19.1. The summed E-state index contributed by atoms with van der Waals surface area (Å²) in [4.78, 5) is 40.8. The minimum Gasteiger partial charge on any atom is -0.481 e. The molecular formula is C26H23F2N3O5. The molecule has 1 heterocycles. The lowest BCUT2D eigenvalue weighted by Gasteiger charge is -2.35. The van der Waals surface area contributed by atoms with E-state index in [1.807, 2.05) is 0 Å². The first-order valence-corrected chi connectivity index (χ1v) is 11.1. The van der Waals surface area contributed by atoms with E-state index < -0.39 is 59.2 Å². The Morgan fingerprint density at radius 3 is 2.25 bits per heavy atom. The van der Waals surface area contributed by atoms with E-state index in [4.69, 9.17) is 10.5 Å². The van der Waals surface area contributed by atoms with Crippen LogP contribution in [0.5, 0.6) is 5.75 Å². The Hall–Kier alpha value is -4.15. The lowest BCUT2D eigenvalue weighted by Crippen LogP contribution is -2.58. The third-order valence-corrected chi connectivity index (χ3v) is 5.66. The second kappa shape index (κ2) is 10.2. The molecule has 3 amide bonds. The first-order valence-electron chi connectivity index (χ1n) is 11.1. The molecule has 8 nitrogen and oxygen atoms in total. The maximum atomic E-state index is 13.8. The number of anilines is 1. The van der Waals surface area contributed by atoms with Crippen molar-refractivity contribution in [1.82, 2.24) is 4.90 Å². The van der Waals surface area contributed by atoms with Crippen LogP contribution in [0.3, 0.4) is 0 Å². The average Bonchev–Trinajstić information content (AvgIpc) is 2.99. The maximum absolute atomic E-state index is 13.8. The predicted molar refractivity (Wildman–Crippen MR) is 125 cm³/mol. The Labute approximate surface area is 205 Å². The van der Waals surface area contributed by atoms with E-state index in [1.165, 1.54) is 6.92 Å². The summed E-state index contributed by atoms with van der Waals surface area (Å²) in [5, 5.41) is 13.4. The highest BCUT2D eigenvalue weighted by molar-refractivity contribution is 6.07. The lowest BCUT2D eigenvalue weighted by molar-refractivity contribution is -0.160. The summed E-state index contributed by atoms with van der Waals surface area (Å²) in [5.74, 6) is -4.85. The van der Waals surface area contributed by atoms with Gasteiger partial charge in [0.2, 0.25) is 5.91 Å². The van der Waals surface area contributed by atoms with Crippen molar-refractivity contribution in [3.05, 3.63) is 95.6 Å². The van der Waals surface area contributed by atoms with Gasteiger partial charge in [-0.1, -0.05) is 42.5 Å². The molecule has 0 unspecified atom stereocenters. The number of aliphatic hydroxyl groups is 1. The number of nitrogens with one attached hydrogen (secondary N) is 1. The van der Waals surface area contributed by atoms with Crippen molar-refractivity contribution in [2.45, 2.75) is 31.2 Å². The molecule has 0 aromatic heterocycles. The summed E-state index contributed by atoms with van der Waals surface area (Å²) >= 11 is 0. The quantitative estimate of drug-likeness (QED) is 0.501. The molecule has 0 saturated carbocycles. The van der Waals surface area contributed by atoms with E-state index in [1.54, 1.807) is 54.6 Å². The molecule has 4 atom stereocenters. The van der Waals surface area contributed by atoms with Crippen molar-refractivity contribution < 1.29 is 33.0 Å². The van der Waals surface area contributed by atoms with Gasteiger partial charge in [0.1, 0.15) is 17.4 Å². The molecule has 1 aliphatic rings. The number of carbonyl (C=O) groups is 3. The smallest absolute Gasteiger partial charge is 0.263 e. The number of aliphatic hydroxyl groups excluding tert-OH is 1. The largest absolute Gasteiger partial charge is 0.481 e. The summed E-state index contributed by atoms with van der Waals surface area (Å²) < 4.78 is 33.7. The fourth-order valence-electron chi connectivity index (χ4n) is 3.97. The SMILES string of the molecule is C[C@H](N)C(=O)N(C(=O)[C@@H](O)c1cc(F)cc(F)c1)[C@@H]1C(=O)Nc2ccccc2O[C@@H]1c1ccccc1. The Kier molecular flexibility index (Phi) is 7.09. The van der Waals surface area contributed by atoms with Gasteiger partial charge in [0.15, 0.2) is 18.2 Å². The minimum atomic E-state index is -2.17. The summed E-state index contributed by atoms with van der Waals surface area (Å²) in [6.07, 6.45) is -3.37. The van der Waals surface area contributed by atoms with Gasteiger partial charge >= 0.3 is 0 Å². The first kappa shape index (κ1) is 25.0. The topological polar surface area (TPSA) is 122 Å². The number of hydrogen-bond donors (Lipinski definition) is 3. The normalized spacial score (nSPS) is 18.6. The van der Waals surface area contributed by atoms with Gasteiger partial charge in [-0.15, -0.1) is 0 Å². The highest BCUT2D eigenvalue weighted by atomic mass is 19.1. The molecule has 186 valence electrons. The van der Waals surface area contributed by atoms with Crippen LogP contribution in [-0.2, 0) is 14.4 Å². The van der Waals surface area contributed by atoms with Crippen LogP contribution < -0.4 is 15.8 Å². The molecule has 4 N–H and O–H groups in total. The number of nitrogens with two attached hydrogens (primary N) is 1. The monoisotopic (exact) mass is 495 g/mol. The summed E-state index contributed by atoms with van der Waals surface area (Å²) in [7, 11) is 0. The highest BCUT2D eigenvalue weighted by Gasteiger charge is 2.46. The summed E-state index contributed by atoms with van der Waals surface area (Å²) in [6, 6.07) is 14.2. The summed E-state index contributed by atoms with van der Waals surface area (Å²) in [5.41, 5.74) is 6.13. The number of fused-ring (bicyclic) bond motifs is 1. The van der Waals surface area contributed by atoms with Gasteiger partial charge < -0.3 is 20.9 Å². The van der Waals surface area contributed by atoms with Crippen LogP contribution in [0.25, 0.3) is 0 Å². The number of carbonyl (C=O) groups excluding carboxylic acids is 3. The van der Waals surface area contributed by atoms with Crippen molar-refractivity contribution in [1.29, 1.82) is 0 Å². The molecule has 36 heavy (non-hydrogen) atoms. The van der Waals surface area contributed by atoms with Crippen LogP contribution in [0.1, 0.15) is 30.3 Å². The zero-order valence-corrected chi connectivity index (χ0v) is 19.1. The molecule has 0 spiro atoms. The number of hydrogen-bond acceptors (Lipinski definition) is 6. The first-order chi connectivity index (χ1) is 17.2. The van der Waals surface area contributed by atoms with E-state index in [0.717, 1.165) is 12.1 Å². The maximum Gasteiger partial charge on any atom is 0.263 e. The van der Waals surface area contributed by atoms with Crippen molar-refractivity contribution in [2.75, 3.05) is 5.32 Å². The van der Waals surface area contributed by atoms with E-state index >= 15 is 0 Å². The fraction of sp³-hybridized carbons (Fsp3) is 0.192. The van der Waals surface area contributed by atoms with Gasteiger partial charge in [-0.05, 0) is 42.3 Å². The Balaban J connectivity index is 1.84.